The van der Waals surface area contributed by atoms with Gasteiger partial charge in [0.15, 0.2) is 18.1 Å². The number of carboxylic acid groups (broad SMARTS) is 1. The van der Waals surface area contributed by atoms with Gasteiger partial charge in [-0.05, 0) is 77.2 Å². The SMILES string of the molecule is CCOc1cc(/C=C2/SC(=O)N(CC(=O)Nc3ccccc3Cl)C2=O)cc(I)c1OCC(=O)O. The van der Waals surface area contributed by atoms with E-state index >= 15 is 0 Å². The zero-order valence-corrected chi connectivity index (χ0v) is 21.4. The Morgan fingerprint density at radius 1 is 1.24 bits per heavy atom. The number of hydrogen-bond acceptors (Lipinski definition) is 7. The molecule has 34 heavy (non-hydrogen) atoms. The van der Waals surface area contributed by atoms with E-state index in [1.54, 1.807) is 43.3 Å². The van der Waals surface area contributed by atoms with E-state index in [9.17, 15) is 19.2 Å². The van der Waals surface area contributed by atoms with Gasteiger partial charge in [0.25, 0.3) is 11.1 Å². The smallest absolute Gasteiger partial charge is 0.341 e. The first kappa shape index (κ1) is 25.8. The summed E-state index contributed by atoms with van der Waals surface area (Å²) in [6.45, 7) is 1.07. The molecule has 2 aromatic carbocycles. The average Bonchev–Trinajstić information content (AvgIpc) is 3.02. The Hall–Kier alpha value is -2.77. The number of imide groups is 1. The van der Waals surface area contributed by atoms with Crippen LogP contribution < -0.4 is 14.8 Å². The second-order valence-electron chi connectivity index (χ2n) is 6.74. The fourth-order valence-electron chi connectivity index (χ4n) is 2.89. The second kappa shape index (κ2) is 11.6. The van der Waals surface area contributed by atoms with Crippen molar-refractivity contribution in [2.75, 3.05) is 25.1 Å². The normalized spacial score (nSPS) is 14.4. The second-order valence-corrected chi connectivity index (χ2v) is 9.30. The predicted molar refractivity (Wildman–Crippen MR) is 136 cm³/mol. The van der Waals surface area contributed by atoms with E-state index < -0.39 is 36.2 Å². The van der Waals surface area contributed by atoms with Crippen molar-refractivity contribution in [2.24, 2.45) is 0 Å². The van der Waals surface area contributed by atoms with E-state index in [-0.39, 0.29) is 10.7 Å². The number of thioether (sulfide) groups is 1. The summed E-state index contributed by atoms with van der Waals surface area (Å²) in [5.74, 6) is -1.73. The molecule has 0 aromatic heterocycles. The molecule has 2 aromatic rings. The van der Waals surface area contributed by atoms with Gasteiger partial charge in [-0.15, -0.1) is 0 Å². The van der Waals surface area contributed by atoms with Crippen LogP contribution in [0.4, 0.5) is 10.5 Å². The Balaban J connectivity index is 1.78. The first-order chi connectivity index (χ1) is 16.2. The van der Waals surface area contributed by atoms with Crippen LogP contribution in [-0.2, 0) is 14.4 Å². The van der Waals surface area contributed by atoms with Crippen LogP contribution in [-0.4, -0.2) is 52.8 Å². The number of carboxylic acids is 1. The van der Waals surface area contributed by atoms with Crippen molar-refractivity contribution in [1.29, 1.82) is 0 Å². The number of nitrogens with zero attached hydrogens (tertiary/aromatic N) is 1. The fourth-order valence-corrected chi connectivity index (χ4v) is 4.69. The quantitative estimate of drug-likeness (QED) is 0.313. The van der Waals surface area contributed by atoms with E-state index in [4.69, 9.17) is 26.2 Å². The van der Waals surface area contributed by atoms with Crippen LogP contribution in [0.15, 0.2) is 41.3 Å². The highest BCUT2D eigenvalue weighted by molar-refractivity contribution is 14.1. The largest absolute Gasteiger partial charge is 0.490 e. The van der Waals surface area contributed by atoms with Gasteiger partial charge in [0.05, 0.1) is 25.8 Å². The first-order valence-corrected chi connectivity index (χ1v) is 12.1. The summed E-state index contributed by atoms with van der Waals surface area (Å²) in [5.41, 5.74) is 0.918. The number of hydrogen-bond donors (Lipinski definition) is 2. The Labute approximate surface area is 217 Å². The summed E-state index contributed by atoms with van der Waals surface area (Å²) in [6, 6.07) is 9.87. The molecule has 0 spiro atoms. The molecule has 12 heteroatoms. The van der Waals surface area contributed by atoms with Gasteiger partial charge in [-0.25, -0.2) is 4.79 Å². The van der Waals surface area contributed by atoms with Crippen LogP contribution in [0.3, 0.4) is 0 Å². The molecule has 1 fully saturated rings. The molecular formula is C22H18ClIN2O7S. The molecule has 3 rings (SSSR count). The lowest BCUT2D eigenvalue weighted by molar-refractivity contribution is -0.139. The number of halogens is 2. The summed E-state index contributed by atoms with van der Waals surface area (Å²) in [4.78, 5) is 49.4. The van der Waals surface area contributed by atoms with Crippen LogP contribution >= 0.6 is 46.0 Å². The zero-order valence-electron chi connectivity index (χ0n) is 17.7. The van der Waals surface area contributed by atoms with Crippen LogP contribution in [0.1, 0.15) is 12.5 Å². The summed E-state index contributed by atoms with van der Waals surface area (Å²) >= 11 is 8.70. The molecule has 0 atom stereocenters. The Morgan fingerprint density at radius 3 is 2.65 bits per heavy atom. The third kappa shape index (κ3) is 6.42. The molecule has 3 amide bonds. The van der Waals surface area contributed by atoms with Gasteiger partial charge in [0.1, 0.15) is 6.54 Å². The van der Waals surface area contributed by atoms with Crippen molar-refractivity contribution < 1.29 is 33.8 Å². The standard InChI is InChI=1S/C22H18ClIN2O7S/c1-2-32-16-8-12(7-14(24)20(16)33-11-19(28)29)9-17-21(30)26(22(31)34-17)10-18(27)25-15-6-4-3-5-13(15)23/h3-9H,2,10-11H2,1H3,(H,25,27)(H,28,29)/b17-9+. The summed E-state index contributed by atoms with van der Waals surface area (Å²) < 4.78 is 11.4. The molecule has 0 aliphatic carbocycles. The molecule has 0 unspecified atom stereocenters. The van der Waals surface area contributed by atoms with E-state index in [1.807, 2.05) is 22.6 Å². The summed E-state index contributed by atoms with van der Waals surface area (Å²) in [7, 11) is 0. The van der Waals surface area contributed by atoms with Crippen molar-refractivity contribution in [3.05, 3.63) is 55.5 Å². The molecule has 0 bridgehead atoms. The van der Waals surface area contributed by atoms with Gasteiger partial charge in [-0.1, -0.05) is 23.7 Å². The summed E-state index contributed by atoms with van der Waals surface area (Å²) in [5, 5.41) is 11.2. The minimum Gasteiger partial charge on any atom is -0.490 e. The number of para-hydroxylation sites is 1. The molecule has 0 saturated carbocycles. The van der Waals surface area contributed by atoms with Crippen LogP contribution in [0.2, 0.25) is 5.02 Å². The predicted octanol–water partition coefficient (Wildman–Crippen LogP) is 4.48. The lowest BCUT2D eigenvalue weighted by atomic mass is 10.2. The van der Waals surface area contributed by atoms with Gasteiger partial charge < -0.3 is 19.9 Å². The van der Waals surface area contributed by atoms with Gasteiger partial charge in [-0.2, -0.15) is 0 Å². The highest BCUT2D eigenvalue weighted by atomic mass is 127. The number of amides is 3. The van der Waals surface area contributed by atoms with Gasteiger partial charge in [0.2, 0.25) is 5.91 Å². The number of nitrogens with one attached hydrogen (secondary N) is 1. The van der Waals surface area contributed by atoms with E-state index in [2.05, 4.69) is 5.32 Å². The Bertz CT molecular complexity index is 1190. The Morgan fingerprint density at radius 2 is 1.97 bits per heavy atom. The fraction of sp³-hybridized carbons (Fsp3) is 0.182. The van der Waals surface area contributed by atoms with Crippen molar-refractivity contribution in [2.45, 2.75) is 6.92 Å². The number of rotatable bonds is 9. The maximum Gasteiger partial charge on any atom is 0.341 e. The van der Waals surface area contributed by atoms with Crippen LogP contribution in [0.5, 0.6) is 11.5 Å². The molecule has 1 aliphatic heterocycles. The maximum atomic E-state index is 12.8. The molecular weight excluding hydrogens is 599 g/mol. The van der Waals surface area contributed by atoms with Crippen molar-refractivity contribution >= 4 is 80.7 Å². The number of anilines is 1. The topological polar surface area (TPSA) is 122 Å². The lowest BCUT2D eigenvalue weighted by Crippen LogP contribution is -2.36. The number of ether oxygens (including phenoxy) is 2. The van der Waals surface area contributed by atoms with E-state index in [0.29, 0.717) is 44.0 Å². The molecule has 0 radical (unpaired) electrons. The first-order valence-electron chi connectivity index (χ1n) is 9.80. The minimum absolute atomic E-state index is 0.132. The maximum absolute atomic E-state index is 12.8. The van der Waals surface area contributed by atoms with Crippen LogP contribution in [0, 0.1) is 3.57 Å². The molecule has 9 nitrogen and oxygen atoms in total. The van der Waals surface area contributed by atoms with E-state index in [0.717, 1.165) is 4.90 Å². The molecule has 2 N–H and O–H groups in total. The van der Waals surface area contributed by atoms with Gasteiger partial charge in [0, 0.05) is 0 Å². The molecule has 1 aliphatic rings. The highest BCUT2D eigenvalue weighted by Gasteiger charge is 2.36. The van der Waals surface area contributed by atoms with Crippen LogP contribution in [0.25, 0.3) is 6.08 Å². The average molecular weight is 617 g/mol. The van der Waals surface area contributed by atoms with Gasteiger partial charge >= 0.3 is 5.97 Å². The van der Waals surface area contributed by atoms with Crippen molar-refractivity contribution in [3.8, 4) is 11.5 Å². The lowest BCUT2D eigenvalue weighted by Gasteiger charge is -2.14. The monoisotopic (exact) mass is 616 g/mol. The van der Waals surface area contributed by atoms with Gasteiger partial charge in [-0.3, -0.25) is 19.3 Å². The number of carbonyl (C=O) groups is 4. The zero-order chi connectivity index (χ0) is 24.8. The summed E-state index contributed by atoms with van der Waals surface area (Å²) in [6.07, 6.45) is 1.50. The molecule has 1 saturated heterocycles. The third-order valence-corrected chi connectivity index (χ3v) is 6.33. The highest BCUT2D eigenvalue weighted by Crippen LogP contribution is 2.37. The third-order valence-electron chi connectivity index (χ3n) is 4.29. The Kier molecular flexibility index (Phi) is 8.80. The van der Waals surface area contributed by atoms with Crippen molar-refractivity contribution in [3.63, 3.8) is 0 Å². The molecule has 178 valence electrons. The minimum atomic E-state index is -1.13. The number of benzene rings is 2. The van der Waals surface area contributed by atoms with Crippen molar-refractivity contribution in [1.82, 2.24) is 4.90 Å². The molecule has 1 heterocycles. The number of aliphatic carboxylic acids is 1. The van der Waals surface area contributed by atoms with E-state index in [1.165, 1.54) is 6.08 Å². The number of carbonyl (C=O) groups excluding carboxylic acids is 3.